The lowest BCUT2D eigenvalue weighted by Crippen LogP contribution is -2.32. The lowest BCUT2D eigenvalue weighted by atomic mass is 10.1. The first-order chi connectivity index (χ1) is 16.8. The van der Waals surface area contributed by atoms with Crippen molar-refractivity contribution in [3.8, 4) is 5.75 Å². The summed E-state index contributed by atoms with van der Waals surface area (Å²) < 4.78 is 41.5. The number of anilines is 1. The molecular formula is C25H26N4O5S. The largest absolute Gasteiger partial charge is 0.497 e. The average Bonchev–Trinajstić information content (AvgIpc) is 3.16. The van der Waals surface area contributed by atoms with Crippen molar-refractivity contribution in [1.82, 2.24) is 14.8 Å². The number of rotatable bonds is 8. The minimum absolute atomic E-state index is 0.0188. The fourth-order valence-electron chi connectivity index (χ4n) is 3.92. The summed E-state index contributed by atoms with van der Waals surface area (Å²) in [4.78, 5) is 17.4. The molecule has 0 spiro atoms. The minimum atomic E-state index is -4.14. The first kappa shape index (κ1) is 24.2. The normalized spacial score (nSPS) is 11.4. The van der Waals surface area contributed by atoms with Gasteiger partial charge in [0.1, 0.15) is 11.3 Å². The van der Waals surface area contributed by atoms with Gasteiger partial charge in [0.25, 0.3) is 10.0 Å². The Morgan fingerprint density at radius 1 is 1.09 bits per heavy atom. The van der Waals surface area contributed by atoms with Gasteiger partial charge in [-0.2, -0.15) is 5.10 Å². The van der Waals surface area contributed by atoms with Crippen molar-refractivity contribution in [2.75, 3.05) is 18.0 Å². The maximum atomic E-state index is 14.1. The number of benzene rings is 2. The van der Waals surface area contributed by atoms with Gasteiger partial charge in [-0.15, -0.1) is 0 Å². The molecule has 0 atom stereocenters. The highest BCUT2D eigenvalue weighted by molar-refractivity contribution is 7.92. The predicted octanol–water partition coefficient (Wildman–Crippen LogP) is 3.86. The zero-order valence-corrected chi connectivity index (χ0v) is 20.7. The van der Waals surface area contributed by atoms with Crippen LogP contribution in [0.4, 0.5) is 5.69 Å². The number of fused-ring (bicyclic) bond motifs is 1. The van der Waals surface area contributed by atoms with E-state index >= 15 is 0 Å². The van der Waals surface area contributed by atoms with Gasteiger partial charge in [0.05, 0.1) is 41.9 Å². The van der Waals surface area contributed by atoms with Crippen LogP contribution in [-0.2, 0) is 28.4 Å². The van der Waals surface area contributed by atoms with Crippen LogP contribution in [0.5, 0.6) is 5.75 Å². The molecule has 0 N–H and O–H groups in total. The summed E-state index contributed by atoms with van der Waals surface area (Å²) in [7, 11) is -0.914. The number of methoxy groups -OCH3 is 1. The van der Waals surface area contributed by atoms with E-state index < -0.39 is 16.0 Å². The van der Waals surface area contributed by atoms with Gasteiger partial charge in [-0.05, 0) is 43.7 Å². The average molecular weight is 495 g/mol. The Morgan fingerprint density at radius 3 is 2.40 bits per heavy atom. The van der Waals surface area contributed by atoms with Crippen molar-refractivity contribution in [3.05, 3.63) is 77.6 Å². The molecule has 2 aromatic carbocycles. The van der Waals surface area contributed by atoms with Crippen LogP contribution in [0.2, 0.25) is 0 Å². The topological polar surface area (TPSA) is 104 Å². The zero-order valence-electron chi connectivity index (χ0n) is 19.9. The highest BCUT2D eigenvalue weighted by atomic mass is 32.2. The Morgan fingerprint density at radius 2 is 1.77 bits per heavy atom. The molecule has 9 nitrogen and oxygen atoms in total. The number of aromatic nitrogens is 3. The van der Waals surface area contributed by atoms with Gasteiger partial charge in [0.15, 0.2) is 5.65 Å². The summed E-state index contributed by atoms with van der Waals surface area (Å²) in [5.74, 6) is -0.136. The third-order valence-corrected chi connectivity index (χ3v) is 7.32. The molecule has 0 bridgehead atoms. The summed E-state index contributed by atoms with van der Waals surface area (Å²) in [5.41, 5.74) is 1.96. The molecule has 10 heteroatoms. The first-order valence-electron chi connectivity index (χ1n) is 11.0. The second-order valence-corrected chi connectivity index (χ2v) is 9.68. The number of nitrogens with zero attached hydrogens (tertiary/aromatic N) is 4. The van der Waals surface area contributed by atoms with Crippen molar-refractivity contribution < 1.29 is 22.7 Å². The summed E-state index contributed by atoms with van der Waals surface area (Å²) in [6.45, 7) is 3.55. The molecule has 2 heterocycles. The van der Waals surface area contributed by atoms with E-state index in [1.54, 1.807) is 37.7 Å². The summed E-state index contributed by atoms with van der Waals surface area (Å²) in [6, 6.07) is 15.3. The van der Waals surface area contributed by atoms with Gasteiger partial charge in [0.2, 0.25) is 0 Å². The van der Waals surface area contributed by atoms with Gasteiger partial charge in [-0.25, -0.2) is 18.2 Å². The Hall–Kier alpha value is -3.92. The Labute approximate surface area is 204 Å². The van der Waals surface area contributed by atoms with Crippen molar-refractivity contribution in [2.45, 2.75) is 25.3 Å². The second kappa shape index (κ2) is 9.75. The highest BCUT2D eigenvalue weighted by Crippen LogP contribution is 2.37. The van der Waals surface area contributed by atoms with Gasteiger partial charge < -0.3 is 9.47 Å². The second-order valence-electron chi connectivity index (χ2n) is 7.82. The number of aryl methyl sites for hydroxylation is 2. The molecule has 0 unspecified atom stereocenters. The van der Waals surface area contributed by atoms with E-state index in [2.05, 4.69) is 10.1 Å². The Balaban J connectivity index is 2.02. The van der Waals surface area contributed by atoms with Crippen LogP contribution >= 0.6 is 0 Å². The molecule has 35 heavy (non-hydrogen) atoms. The SMILES string of the molecule is CCOC(=O)c1cnc2c(c(C)nn2C)c1N(Cc1ccccc1)S(=O)(=O)c1ccc(OC)cc1. The number of hydrogen-bond acceptors (Lipinski definition) is 7. The standard InChI is InChI=1S/C25H26N4O5S/c1-5-34-25(30)21-15-26-24-22(17(2)27-28(24)3)23(21)29(16-18-9-7-6-8-10-18)35(31,32)20-13-11-19(33-4)12-14-20/h6-15H,5,16H2,1-4H3. The van der Waals surface area contributed by atoms with Gasteiger partial charge in [-0.3, -0.25) is 8.99 Å². The van der Waals surface area contributed by atoms with Gasteiger partial charge in [-0.1, -0.05) is 30.3 Å². The number of carbonyl (C=O) groups is 1. The fraction of sp³-hybridized carbons (Fsp3) is 0.240. The highest BCUT2D eigenvalue weighted by Gasteiger charge is 2.33. The number of ether oxygens (including phenoxy) is 2. The molecule has 0 radical (unpaired) electrons. The van der Waals surface area contributed by atoms with Crippen LogP contribution in [0.3, 0.4) is 0 Å². The van der Waals surface area contributed by atoms with Crippen molar-refractivity contribution in [3.63, 3.8) is 0 Å². The molecule has 0 aliphatic heterocycles. The van der Waals surface area contributed by atoms with Crippen LogP contribution in [-0.4, -0.2) is 42.9 Å². The van der Waals surface area contributed by atoms with E-state index in [0.717, 1.165) is 5.56 Å². The maximum absolute atomic E-state index is 14.1. The molecule has 0 fully saturated rings. The van der Waals surface area contributed by atoms with E-state index in [0.29, 0.717) is 22.5 Å². The minimum Gasteiger partial charge on any atom is -0.497 e. The number of esters is 1. The number of pyridine rings is 1. The van der Waals surface area contributed by atoms with Crippen LogP contribution in [0.1, 0.15) is 28.5 Å². The zero-order chi connectivity index (χ0) is 25.2. The summed E-state index contributed by atoms with van der Waals surface area (Å²) in [6.07, 6.45) is 1.35. The van der Waals surface area contributed by atoms with Crippen molar-refractivity contribution in [2.24, 2.45) is 7.05 Å². The third-order valence-electron chi connectivity index (χ3n) is 5.56. The van der Waals surface area contributed by atoms with Crippen LogP contribution in [0, 0.1) is 6.92 Å². The monoisotopic (exact) mass is 494 g/mol. The quantitative estimate of drug-likeness (QED) is 0.343. The molecule has 2 aromatic heterocycles. The summed E-state index contributed by atoms with van der Waals surface area (Å²) in [5, 5.41) is 4.89. The van der Waals surface area contributed by atoms with Crippen LogP contribution < -0.4 is 9.04 Å². The number of carbonyl (C=O) groups excluding carboxylic acids is 1. The van der Waals surface area contributed by atoms with E-state index in [1.807, 2.05) is 30.3 Å². The fourth-order valence-corrected chi connectivity index (χ4v) is 5.40. The lowest BCUT2D eigenvalue weighted by molar-refractivity contribution is 0.0527. The molecule has 0 aliphatic rings. The molecular weight excluding hydrogens is 468 g/mol. The molecule has 0 saturated heterocycles. The van der Waals surface area contributed by atoms with Crippen LogP contribution in [0.25, 0.3) is 11.0 Å². The third kappa shape index (κ3) is 4.57. The number of sulfonamides is 1. The Kier molecular flexibility index (Phi) is 6.74. The Bertz CT molecular complexity index is 1470. The van der Waals surface area contributed by atoms with E-state index in [-0.39, 0.29) is 29.3 Å². The molecule has 0 amide bonds. The smallest absolute Gasteiger partial charge is 0.341 e. The predicted molar refractivity (Wildman–Crippen MR) is 132 cm³/mol. The molecule has 0 aliphatic carbocycles. The maximum Gasteiger partial charge on any atom is 0.341 e. The van der Waals surface area contributed by atoms with Gasteiger partial charge >= 0.3 is 5.97 Å². The van der Waals surface area contributed by atoms with E-state index in [1.165, 1.54) is 29.7 Å². The molecule has 182 valence electrons. The van der Waals surface area contributed by atoms with Crippen LogP contribution in [0.15, 0.2) is 65.7 Å². The van der Waals surface area contributed by atoms with E-state index in [4.69, 9.17) is 9.47 Å². The van der Waals surface area contributed by atoms with E-state index in [9.17, 15) is 13.2 Å². The van der Waals surface area contributed by atoms with Gasteiger partial charge in [0, 0.05) is 13.2 Å². The van der Waals surface area contributed by atoms with Crippen molar-refractivity contribution in [1.29, 1.82) is 0 Å². The summed E-state index contributed by atoms with van der Waals surface area (Å²) >= 11 is 0. The molecule has 4 rings (SSSR count). The number of hydrogen-bond donors (Lipinski definition) is 0. The molecule has 0 saturated carbocycles. The molecule has 4 aromatic rings. The lowest BCUT2D eigenvalue weighted by Gasteiger charge is -2.27. The van der Waals surface area contributed by atoms with Crippen molar-refractivity contribution >= 4 is 32.7 Å². The first-order valence-corrected chi connectivity index (χ1v) is 12.4.